The first-order valence-corrected chi connectivity index (χ1v) is 9.07. The van der Waals surface area contributed by atoms with Gasteiger partial charge in [-0.15, -0.1) is 0 Å². The van der Waals surface area contributed by atoms with Crippen molar-refractivity contribution in [1.82, 2.24) is 4.31 Å². The Morgan fingerprint density at radius 2 is 1.83 bits per heavy atom. The van der Waals surface area contributed by atoms with Crippen molar-refractivity contribution >= 4 is 28.0 Å². The second-order valence-corrected chi connectivity index (χ2v) is 7.32. The van der Waals surface area contributed by atoms with E-state index in [0.29, 0.717) is 12.8 Å². The average molecular weight is 352 g/mol. The summed E-state index contributed by atoms with van der Waals surface area (Å²) in [6.07, 6.45) is 2.26. The van der Waals surface area contributed by atoms with E-state index in [1.165, 1.54) is 9.71 Å². The number of carbonyl (C=O) groups is 2. The van der Waals surface area contributed by atoms with Gasteiger partial charge in [0, 0.05) is 18.5 Å². The van der Waals surface area contributed by atoms with Crippen LogP contribution in [-0.4, -0.2) is 44.3 Å². The summed E-state index contributed by atoms with van der Waals surface area (Å²) in [5.74, 6) is -1.63. The van der Waals surface area contributed by atoms with Gasteiger partial charge in [-0.1, -0.05) is 30.3 Å². The molecule has 1 heterocycles. The van der Waals surface area contributed by atoms with Gasteiger partial charge in [0.25, 0.3) is 5.91 Å². The molecule has 2 rings (SSSR count). The predicted molar refractivity (Wildman–Crippen MR) is 88.8 cm³/mol. The molecule has 1 aromatic rings. The number of benzene rings is 1. The van der Waals surface area contributed by atoms with E-state index in [0.717, 1.165) is 5.56 Å². The van der Waals surface area contributed by atoms with E-state index in [2.05, 4.69) is 0 Å². The number of primary amides is 1. The number of nitrogens with two attached hydrogens (primary N) is 1. The fourth-order valence-electron chi connectivity index (χ4n) is 2.42. The molecule has 0 saturated carbocycles. The van der Waals surface area contributed by atoms with Gasteiger partial charge in [0.05, 0.1) is 5.92 Å². The van der Waals surface area contributed by atoms with Crippen molar-refractivity contribution in [2.24, 2.45) is 11.7 Å². The lowest BCUT2D eigenvalue weighted by molar-refractivity contribution is -0.153. The molecule has 0 aliphatic carbocycles. The molecule has 24 heavy (non-hydrogen) atoms. The summed E-state index contributed by atoms with van der Waals surface area (Å²) in [6.45, 7) is 0.0206. The number of sulfonamides is 1. The third-order valence-corrected chi connectivity index (χ3v) is 5.30. The van der Waals surface area contributed by atoms with E-state index in [1.807, 2.05) is 30.3 Å². The summed E-state index contributed by atoms with van der Waals surface area (Å²) in [5, 5.41) is 1.17. The topological polar surface area (TPSA) is 107 Å². The Morgan fingerprint density at radius 3 is 2.42 bits per heavy atom. The molecule has 0 unspecified atom stereocenters. The largest absolute Gasteiger partial charge is 0.455 e. The lowest BCUT2D eigenvalue weighted by atomic mass is 9.98. The van der Waals surface area contributed by atoms with Gasteiger partial charge >= 0.3 is 5.97 Å². The Bertz CT molecular complexity index is 707. The maximum Gasteiger partial charge on any atom is 0.309 e. The highest BCUT2D eigenvalue weighted by molar-refractivity contribution is 7.92. The van der Waals surface area contributed by atoms with Crippen LogP contribution in [0.4, 0.5) is 0 Å². The van der Waals surface area contributed by atoms with Crippen LogP contribution in [0.2, 0.25) is 0 Å². The smallest absolute Gasteiger partial charge is 0.309 e. The van der Waals surface area contributed by atoms with E-state index >= 15 is 0 Å². The first-order chi connectivity index (χ1) is 11.4. The highest BCUT2D eigenvalue weighted by Gasteiger charge is 2.30. The van der Waals surface area contributed by atoms with Crippen molar-refractivity contribution in [3.05, 3.63) is 41.3 Å². The molecule has 130 valence electrons. The van der Waals surface area contributed by atoms with Crippen molar-refractivity contribution in [3.63, 3.8) is 0 Å². The molecule has 7 nitrogen and oxygen atoms in total. The maximum absolute atomic E-state index is 12.3. The molecule has 0 bridgehead atoms. The van der Waals surface area contributed by atoms with E-state index in [-0.39, 0.29) is 13.1 Å². The molecule has 1 aliphatic heterocycles. The lowest BCUT2D eigenvalue weighted by Gasteiger charge is -2.29. The van der Waals surface area contributed by atoms with Crippen LogP contribution in [0.5, 0.6) is 0 Å². The highest BCUT2D eigenvalue weighted by Crippen LogP contribution is 2.21. The average Bonchev–Trinajstić information content (AvgIpc) is 2.59. The summed E-state index contributed by atoms with van der Waals surface area (Å²) in [6, 6.07) is 9.14. The molecule has 0 radical (unpaired) electrons. The maximum atomic E-state index is 12.3. The Morgan fingerprint density at radius 1 is 1.21 bits per heavy atom. The Kier molecular flexibility index (Phi) is 6.10. The van der Waals surface area contributed by atoms with Crippen LogP contribution in [0, 0.1) is 5.92 Å². The van der Waals surface area contributed by atoms with Crippen LogP contribution < -0.4 is 5.73 Å². The standard InChI is InChI=1S/C16H20N2O5S/c17-15(19)12-23-16(20)14-6-9-18(10-7-14)24(21,22)11-8-13-4-2-1-3-5-13/h1-5,8,11,14H,6-7,9-10,12H2,(H2,17,19)/b11-8+. The van der Waals surface area contributed by atoms with Crippen molar-refractivity contribution in [1.29, 1.82) is 0 Å². The first kappa shape index (κ1) is 18.2. The fourth-order valence-corrected chi connectivity index (χ4v) is 3.64. The summed E-state index contributed by atoms with van der Waals surface area (Å²) in [4.78, 5) is 22.4. The van der Waals surface area contributed by atoms with Gasteiger partial charge in [0.15, 0.2) is 6.61 Å². The van der Waals surface area contributed by atoms with E-state index in [4.69, 9.17) is 10.5 Å². The fraction of sp³-hybridized carbons (Fsp3) is 0.375. The molecule has 1 fully saturated rings. The molecule has 0 atom stereocenters. The van der Waals surface area contributed by atoms with Crippen LogP contribution >= 0.6 is 0 Å². The number of hydrogen-bond acceptors (Lipinski definition) is 5. The molecule has 1 saturated heterocycles. The normalized spacial score (nSPS) is 17.0. The van der Waals surface area contributed by atoms with Crippen LogP contribution in [0.3, 0.4) is 0 Å². The molecular formula is C16H20N2O5S. The second-order valence-electron chi connectivity index (χ2n) is 5.51. The predicted octanol–water partition coefficient (Wildman–Crippen LogP) is 0.728. The van der Waals surface area contributed by atoms with Crippen molar-refractivity contribution in [2.45, 2.75) is 12.8 Å². The SMILES string of the molecule is NC(=O)COC(=O)C1CCN(S(=O)(=O)/C=C/c2ccccc2)CC1. The lowest BCUT2D eigenvalue weighted by Crippen LogP contribution is -2.40. The van der Waals surface area contributed by atoms with Gasteiger partial charge in [-0.05, 0) is 24.5 Å². The number of esters is 1. The van der Waals surface area contributed by atoms with Crippen molar-refractivity contribution in [3.8, 4) is 0 Å². The van der Waals surface area contributed by atoms with Gasteiger partial charge in [0.2, 0.25) is 10.0 Å². The number of amides is 1. The minimum Gasteiger partial charge on any atom is -0.455 e. The molecule has 1 aliphatic rings. The minimum absolute atomic E-state index is 0.234. The number of carbonyl (C=O) groups excluding carboxylic acids is 2. The zero-order chi connectivity index (χ0) is 17.6. The molecule has 2 N–H and O–H groups in total. The number of rotatable bonds is 6. The molecule has 0 aromatic heterocycles. The van der Waals surface area contributed by atoms with Gasteiger partial charge in [0.1, 0.15) is 0 Å². The van der Waals surface area contributed by atoms with Gasteiger partial charge in [-0.2, -0.15) is 4.31 Å². The van der Waals surface area contributed by atoms with Crippen molar-refractivity contribution in [2.75, 3.05) is 19.7 Å². The number of hydrogen-bond donors (Lipinski definition) is 1. The summed E-state index contributed by atoms with van der Waals surface area (Å²) in [5.41, 5.74) is 5.72. The molecule has 1 amide bonds. The summed E-state index contributed by atoms with van der Waals surface area (Å²) in [7, 11) is -3.53. The van der Waals surface area contributed by atoms with E-state index < -0.39 is 34.4 Å². The van der Waals surface area contributed by atoms with Gasteiger partial charge in [-0.3, -0.25) is 9.59 Å². The molecule has 8 heteroatoms. The zero-order valence-corrected chi connectivity index (χ0v) is 13.9. The van der Waals surface area contributed by atoms with E-state index in [1.54, 1.807) is 6.08 Å². The highest BCUT2D eigenvalue weighted by atomic mass is 32.2. The molecule has 0 spiro atoms. The number of ether oxygens (including phenoxy) is 1. The molecule has 1 aromatic carbocycles. The second kappa shape index (κ2) is 8.07. The van der Waals surface area contributed by atoms with Crippen LogP contribution in [-0.2, 0) is 24.3 Å². The summed E-state index contributed by atoms with van der Waals surface area (Å²) >= 11 is 0. The Labute approximate surface area is 141 Å². The van der Waals surface area contributed by atoms with Crippen LogP contribution in [0.25, 0.3) is 6.08 Å². The summed E-state index contributed by atoms with van der Waals surface area (Å²) < 4.78 is 30.7. The number of piperidine rings is 1. The van der Waals surface area contributed by atoms with E-state index in [9.17, 15) is 18.0 Å². The van der Waals surface area contributed by atoms with Crippen molar-refractivity contribution < 1.29 is 22.7 Å². The van der Waals surface area contributed by atoms with Gasteiger partial charge < -0.3 is 10.5 Å². The van der Waals surface area contributed by atoms with Gasteiger partial charge in [-0.25, -0.2) is 8.42 Å². The Balaban J connectivity index is 1.90. The number of nitrogens with zero attached hydrogens (tertiary/aromatic N) is 1. The van der Waals surface area contributed by atoms with Crippen LogP contribution in [0.15, 0.2) is 35.7 Å². The molecular weight excluding hydrogens is 332 g/mol. The first-order valence-electron chi connectivity index (χ1n) is 7.57. The third-order valence-electron chi connectivity index (χ3n) is 3.74. The minimum atomic E-state index is -3.53. The zero-order valence-electron chi connectivity index (χ0n) is 13.1. The quantitative estimate of drug-likeness (QED) is 0.760. The Hall–Kier alpha value is -2.19. The monoisotopic (exact) mass is 352 g/mol. The van der Waals surface area contributed by atoms with Crippen LogP contribution in [0.1, 0.15) is 18.4 Å². The third kappa shape index (κ3) is 5.17.